The Labute approximate surface area is 115 Å². The molecule has 1 aromatic heterocycles. The fourth-order valence-electron chi connectivity index (χ4n) is 2.21. The normalized spacial score (nSPS) is 10.8. The molecule has 4 nitrogen and oxygen atoms in total. The number of rotatable bonds is 2. The molecule has 0 aliphatic carbocycles. The second kappa shape index (κ2) is 4.74. The summed E-state index contributed by atoms with van der Waals surface area (Å²) in [6.07, 6.45) is 2.26. The standard InChI is InChI=1S/C16H13NO3/c18-12-3-1-10(2-4-12)7-14-13-9-16(20)15(19)8-11(13)5-6-17-14/h1-6,8-9,18-20H,7H2. The summed E-state index contributed by atoms with van der Waals surface area (Å²) in [4.78, 5) is 4.34. The van der Waals surface area contributed by atoms with E-state index in [1.807, 2.05) is 12.1 Å². The molecule has 0 saturated carbocycles. The number of hydrogen-bond acceptors (Lipinski definition) is 4. The molecule has 0 amide bonds. The third-order valence-electron chi connectivity index (χ3n) is 3.25. The van der Waals surface area contributed by atoms with Crippen LogP contribution in [0.2, 0.25) is 0 Å². The molecule has 4 heteroatoms. The molecule has 0 aliphatic rings. The number of aromatic hydroxyl groups is 3. The van der Waals surface area contributed by atoms with E-state index in [-0.39, 0.29) is 17.2 Å². The Morgan fingerprint density at radius 1 is 0.850 bits per heavy atom. The van der Waals surface area contributed by atoms with Crippen molar-refractivity contribution in [1.82, 2.24) is 4.98 Å². The molecule has 0 radical (unpaired) electrons. The third kappa shape index (κ3) is 2.23. The van der Waals surface area contributed by atoms with Crippen molar-refractivity contribution in [3.8, 4) is 17.2 Å². The molecule has 0 aliphatic heterocycles. The smallest absolute Gasteiger partial charge is 0.158 e. The number of hydrogen-bond donors (Lipinski definition) is 3. The molecule has 3 rings (SSSR count). The molecule has 0 atom stereocenters. The Kier molecular flexibility index (Phi) is 2.91. The Hall–Kier alpha value is -2.75. The van der Waals surface area contributed by atoms with Crippen LogP contribution in [-0.4, -0.2) is 20.3 Å². The predicted octanol–water partition coefficient (Wildman–Crippen LogP) is 2.94. The van der Waals surface area contributed by atoms with Crippen molar-refractivity contribution in [2.45, 2.75) is 6.42 Å². The van der Waals surface area contributed by atoms with Crippen LogP contribution in [0.4, 0.5) is 0 Å². The number of phenols is 3. The first-order valence-electron chi connectivity index (χ1n) is 6.21. The number of fused-ring (bicyclic) bond motifs is 1. The van der Waals surface area contributed by atoms with Gasteiger partial charge in [0.2, 0.25) is 0 Å². The third-order valence-corrected chi connectivity index (χ3v) is 3.25. The zero-order chi connectivity index (χ0) is 14.1. The highest BCUT2D eigenvalue weighted by molar-refractivity contribution is 5.87. The SMILES string of the molecule is Oc1ccc(Cc2nccc3cc(O)c(O)cc23)cc1. The summed E-state index contributed by atoms with van der Waals surface area (Å²) in [6, 6.07) is 11.7. The quantitative estimate of drug-likeness (QED) is 0.624. The molecule has 1 heterocycles. The highest BCUT2D eigenvalue weighted by atomic mass is 16.3. The van der Waals surface area contributed by atoms with E-state index in [4.69, 9.17) is 0 Å². The van der Waals surface area contributed by atoms with Crippen LogP contribution in [0.15, 0.2) is 48.7 Å². The second-order valence-corrected chi connectivity index (χ2v) is 4.66. The monoisotopic (exact) mass is 267 g/mol. The summed E-state index contributed by atoms with van der Waals surface area (Å²) < 4.78 is 0. The zero-order valence-corrected chi connectivity index (χ0v) is 10.6. The molecule has 0 fully saturated rings. The number of pyridine rings is 1. The van der Waals surface area contributed by atoms with Crippen LogP contribution in [0, 0.1) is 0 Å². The first-order valence-corrected chi connectivity index (χ1v) is 6.21. The lowest BCUT2D eigenvalue weighted by atomic mass is 10.0. The van der Waals surface area contributed by atoms with Crippen molar-refractivity contribution in [2.75, 3.05) is 0 Å². The maximum absolute atomic E-state index is 9.63. The summed E-state index contributed by atoms with van der Waals surface area (Å²) >= 11 is 0. The van der Waals surface area contributed by atoms with Gasteiger partial charge < -0.3 is 15.3 Å². The van der Waals surface area contributed by atoms with Gasteiger partial charge in [-0.3, -0.25) is 4.98 Å². The summed E-state index contributed by atoms with van der Waals surface area (Å²) in [5, 5.41) is 30.1. The van der Waals surface area contributed by atoms with Crippen molar-refractivity contribution in [2.24, 2.45) is 0 Å². The maximum Gasteiger partial charge on any atom is 0.158 e. The van der Waals surface area contributed by atoms with Gasteiger partial charge in [-0.05, 0) is 41.3 Å². The van der Waals surface area contributed by atoms with E-state index >= 15 is 0 Å². The van der Waals surface area contributed by atoms with Gasteiger partial charge in [-0.2, -0.15) is 0 Å². The van der Waals surface area contributed by atoms with Crippen LogP contribution in [0.25, 0.3) is 10.8 Å². The van der Waals surface area contributed by atoms with Crippen molar-refractivity contribution in [1.29, 1.82) is 0 Å². The van der Waals surface area contributed by atoms with Crippen molar-refractivity contribution < 1.29 is 15.3 Å². The average Bonchev–Trinajstić information content (AvgIpc) is 2.43. The van der Waals surface area contributed by atoms with E-state index in [2.05, 4.69) is 4.98 Å². The number of aromatic nitrogens is 1. The van der Waals surface area contributed by atoms with Crippen LogP contribution in [0.3, 0.4) is 0 Å². The van der Waals surface area contributed by atoms with Crippen LogP contribution in [0.5, 0.6) is 17.2 Å². The molecular formula is C16H13NO3. The molecule has 0 bridgehead atoms. The molecule has 0 spiro atoms. The molecular weight excluding hydrogens is 254 g/mol. The first kappa shape index (κ1) is 12.3. The Balaban J connectivity index is 2.07. The van der Waals surface area contributed by atoms with Gasteiger partial charge in [-0.25, -0.2) is 0 Å². The van der Waals surface area contributed by atoms with Crippen molar-refractivity contribution in [3.63, 3.8) is 0 Å². The highest BCUT2D eigenvalue weighted by Gasteiger charge is 2.08. The first-order chi connectivity index (χ1) is 9.63. The fourth-order valence-corrected chi connectivity index (χ4v) is 2.21. The number of nitrogens with zero attached hydrogens (tertiary/aromatic N) is 1. The summed E-state index contributed by atoms with van der Waals surface area (Å²) in [5.74, 6) is -0.0704. The lowest BCUT2D eigenvalue weighted by molar-refractivity contribution is 0.405. The highest BCUT2D eigenvalue weighted by Crippen LogP contribution is 2.31. The van der Waals surface area contributed by atoms with Crippen LogP contribution >= 0.6 is 0 Å². The van der Waals surface area contributed by atoms with Crippen molar-refractivity contribution >= 4 is 10.8 Å². The lowest BCUT2D eigenvalue weighted by Gasteiger charge is -2.07. The maximum atomic E-state index is 9.63. The van der Waals surface area contributed by atoms with E-state index in [1.54, 1.807) is 24.4 Å². The molecule has 2 aromatic carbocycles. The van der Waals surface area contributed by atoms with Gasteiger partial charge in [0.25, 0.3) is 0 Å². The number of phenolic OH excluding ortho intramolecular Hbond substituents is 3. The number of benzene rings is 2. The fraction of sp³-hybridized carbons (Fsp3) is 0.0625. The zero-order valence-electron chi connectivity index (χ0n) is 10.6. The molecule has 3 N–H and O–H groups in total. The minimum atomic E-state index is -0.155. The van der Waals surface area contributed by atoms with Gasteiger partial charge in [-0.1, -0.05) is 12.1 Å². The van der Waals surface area contributed by atoms with Gasteiger partial charge in [0.15, 0.2) is 11.5 Å². The Bertz CT molecular complexity index is 767. The largest absolute Gasteiger partial charge is 0.508 e. The Morgan fingerprint density at radius 3 is 2.30 bits per heavy atom. The summed E-state index contributed by atoms with van der Waals surface area (Å²) in [7, 11) is 0. The van der Waals surface area contributed by atoms with E-state index in [9.17, 15) is 15.3 Å². The minimum absolute atomic E-state index is 0.140. The van der Waals surface area contributed by atoms with Gasteiger partial charge in [0.1, 0.15) is 5.75 Å². The molecule has 0 unspecified atom stereocenters. The topological polar surface area (TPSA) is 73.6 Å². The van der Waals surface area contributed by atoms with E-state index in [0.717, 1.165) is 22.0 Å². The minimum Gasteiger partial charge on any atom is -0.508 e. The second-order valence-electron chi connectivity index (χ2n) is 4.66. The van der Waals surface area contributed by atoms with Crippen LogP contribution < -0.4 is 0 Å². The summed E-state index contributed by atoms with van der Waals surface area (Å²) in [6.45, 7) is 0. The lowest BCUT2D eigenvalue weighted by Crippen LogP contribution is -1.93. The summed E-state index contributed by atoms with van der Waals surface area (Å²) in [5.41, 5.74) is 1.82. The van der Waals surface area contributed by atoms with E-state index < -0.39 is 0 Å². The van der Waals surface area contributed by atoms with E-state index in [0.29, 0.717) is 6.42 Å². The average molecular weight is 267 g/mol. The van der Waals surface area contributed by atoms with E-state index in [1.165, 1.54) is 12.1 Å². The van der Waals surface area contributed by atoms with Crippen molar-refractivity contribution in [3.05, 3.63) is 59.9 Å². The van der Waals surface area contributed by atoms with Gasteiger partial charge >= 0.3 is 0 Å². The molecule has 0 saturated heterocycles. The van der Waals surface area contributed by atoms with Gasteiger partial charge in [0, 0.05) is 18.0 Å². The Morgan fingerprint density at radius 2 is 1.55 bits per heavy atom. The van der Waals surface area contributed by atoms with Gasteiger partial charge in [-0.15, -0.1) is 0 Å². The predicted molar refractivity (Wildman–Crippen MR) is 76.0 cm³/mol. The van der Waals surface area contributed by atoms with Gasteiger partial charge in [0.05, 0.1) is 5.69 Å². The van der Waals surface area contributed by atoms with Crippen LogP contribution in [-0.2, 0) is 6.42 Å². The molecule has 20 heavy (non-hydrogen) atoms. The van der Waals surface area contributed by atoms with Crippen LogP contribution in [0.1, 0.15) is 11.3 Å². The molecule has 3 aromatic rings. The molecule has 100 valence electrons.